The summed E-state index contributed by atoms with van der Waals surface area (Å²) in [6, 6.07) is 10.8. The van der Waals surface area contributed by atoms with Gasteiger partial charge in [0.2, 0.25) is 0 Å². The Kier molecular flexibility index (Phi) is 6.35. The van der Waals surface area contributed by atoms with Crippen molar-refractivity contribution in [3.05, 3.63) is 70.4 Å². The van der Waals surface area contributed by atoms with Crippen molar-refractivity contribution in [1.29, 1.82) is 0 Å². The Morgan fingerprint density at radius 2 is 2.03 bits per heavy atom. The molecule has 2 unspecified atom stereocenters. The van der Waals surface area contributed by atoms with Crippen molar-refractivity contribution in [1.82, 2.24) is 9.88 Å². The average Bonchev–Trinajstić information content (AvgIpc) is 3.59. The molecular formula is C29H32N2O5. The van der Waals surface area contributed by atoms with Gasteiger partial charge >= 0.3 is 0 Å². The second-order valence-corrected chi connectivity index (χ2v) is 9.94. The number of likely N-dealkylation sites (tertiary alicyclic amines) is 1. The van der Waals surface area contributed by atoms with Crippen molar-refractivity contribution in [3.63, 3.8) is 0 Å². The maximum absolute atomic E-state index is 13.5. The third-order valence-corrected chi connectivity index (χ3v) is 7.33. The number of carbonyl (C=O) groups excluding carboxylic acids is 2. The first-order chi connectivity index (χ1) is 17.3. The average molecular weight is 489 g/mol. The number of aliphatic hydroxyl groups excluding tert-OH is 1. The molecule has 7 heteroatoms. The molecule has 0 saturated carbocycles. The number of aromatic nitrogens is 1. The van der Waals surface area contributed by atoms with Crippen molar-refractivity contribution >= 4 is 28.4 Å². The van der Waals surface area contributed by atoms with Gasteiger partial charge in [0.15, 0.2) is 0 Å². The van der Waals surface area contributed by atoms with Crippen LogP contribution in [0.1, 0.15) is 60.9 Å². The Balaban J connectivity index is 1.71. The molecule has 3 aromatic rings. The lowest BCUT2D eigenvalue weighted by Gasteiger charge is -2.27. The Bertz CT molecular complexity index is 1360. The zero-order valence-corrected chi connectivity index (χ0v) is 21.1. The third-order valence-electron chi connectivity index (χ3n) is 7.33. The Labute approximate surface area is 210 Å². The molecule has 1 aromatic heterocycles. The van der Waals surface area contributed by atoms with Crippen LogP contribution in [-0.4, -0.2) is 53.0 Å². The number of aryl methyl sites for hydroxylation is 1. The molecule has 5 rings (SSSR count). The van der Waals surface area contributed by atoms with Crippen LogP contribution in [0.5, 0.6) is 5.75 Å². The van der Waals surface area contributed by atoms with Gasteiger partial charge in [-0.2, -0.15) is 0 Å². The number of benzene rings is 2. The largest absolute Gasteiger partial charge is 0.507 e. The predicted octanol–water partition coefficient (Wildman–Crippen LogP) is 5.21. The lowest BCUT2D eigenvalue weighted by molar-refractivity contribution is -0.140. The number of ketones is 1. The molecule has 0 aliphatic carbocycles. The van der Waals surface area contributed by atoms with Crippen LogP contribution >= 0.6 is 0 Å². The minimum atomic E-state index is -0.727. The summed E-state index contributed by atoms with van der Waals surface area (Å²) in [6.07, 6.45) is 3.46. The molecule has 2 atom stereocenters. The van der Waals surface area contributed by atoms with Crippen LogP contribution in [-0.2, 0) is 14.3 Å². The topological polar surface area (TPSA) is 91.9 Å². The van der Waals surface area contributed by atoms with E-state index in [4.69, 9.17) is 9.47 Å². The van der Waals surface area contributed by atoms with Crippen molar-refractivity contribution in [3.8, 4) is 5.75 Å². The number of amides is 1. The lowest BCUT2D eigenvalue weighted by atomic mass is 9.91. The number of rotatable bonds is 6. The Hall–Kier alpha value is -3.58. The summed E-state index contributed by atoms with van der Waals surface area (Å²) < 4.78 is 11.4. The van der Waals surface area contributed by atoms with Gasteiger partial charge in [-0.05, 0) is 55.0 Å². The number of methoxy groups -OCH3 is 1. The summed E-state index contributed by atoms with van der Waals surface area (Å²) in [7, 11) is 1.62. The van der Waals surface area contributed by atoms with Crippen LogP contribution in [0.3, 0.4) is 0 Å². The number of aliphatic hydroxyl groups is 1. The number of Topliss-reactive ketones (excluding diaryl/α,β-unsaturated/α-hetero) is 1. The molecule has 2 fully saturated rings. The zero-order valence-electron chi connectivity index (χ0n) is 21.1. The molecule has 188 valence electrons. The second kappa shape index (κ2) is 9.47. The van der Waals surface area contributed by atoms with E-state index in [2.05, 4.69) is 4.98 Å². The van der Waals surface area contributed by atoms with Gasteiger partial charge in [0, 0.05) is 41.4 Å². The van der Waals surface area contributed by atoms with Crippen molar-refractivity contribution in [2.75, 3.05) is 20.3 Å². The summed E-state index contributed by atoms with van der Waals surface area (Å²) in [5.74, 6) is -0.593. The zero-order chi connectivity index (χ0) is 25.6. The van der Waals surface area contributed by atoms with Gasteiger partial charge in [0.25, 0.3) is 11.7 Å². The highest BCUT2D eigenvalue weighted by Gasteiger charge is 2.48. The van der Waals surface area contributed by atoms with Crippen molar-refractivity contribution in [2.24, 2.45) is 0 Å². The molecule has 2 aliphatic heterocycles. The number of nitrogens with zero attached hydrogens (tertiary/aromatic N) is 1. The number of aromatic amines is 1. The lowest BCUT2D eigenvalue weighted by Crippen LogP contribution is -2.36. The molecule has 2 saturated heterocycles. The maximum Gasteiger partial charge on any atom is 0.295 e. The molecule has 2 aliphatic rings. The van der Waals surface area contributed by atoms with E-state index in [-0.39, 0.29) is 23.4 Å². The van der Waals surface area contributed by atoms with E-state index >= 15 is 0 Å². The quantitative estimate of drug-likeness (QED) is 0.282. The smallest absolute Gasteiger partial charge is 0.295 e. The predicted molar refractivity (Wildman–Crippen MR) is 138 cm³/mol. The summed E-state index contributed by atoms with van der Waals surface area (Å²) in [6.45, 7) is 6.90. The van der Waals surface area contributed by atoms with Crippen molar-refractivity contribution < 1.29 is 24.2 Å². The van der Waals surface area contributed by atoms with Crippen LogP contribution in [0.2, 0.25) is 0 Å². The minimum Gasteiger partial charge on any atom is -0.507 e. The summed E-state index contributed by atoms with van der Waals surface area (Å²) >= 11 is 0. The SMILES string of the molecule is COc1cc(C)c(/C(O)=C2\C(=O)C(=O)N(CC3CCCO3)C2c2c[nH]c3ccccc23)cc1C(C)C. The van der Waals surface area contributed by atoms with Gasteiger partial charge in [-0.1, -0.05) is 32.0 Å². The van der Waals surface area contributed by atoms with Crippen molar-refractivity contribution in [2.45, 2.75) is 51.7 Å². The van der Waals surface area contributed by atoms with Gasteiger partial charge in [0.1, 0.15) is 11.5 Å². The number of carbonyl (C=O) groups is 2. The van der Waals surface area contributed by atoms with Gasteiger partial charge in [-0.25, -0.2) is 0 Å². The van der Waals surface area contributed by atoms with Crippen LogP contribution < -0.4 is 4.74 Å². The monoisotopic (exact) mass is 488 g/mol. The fraction of sp³-hybridized carbons (Fsp3) is 0.379. The number of nitrogens with one attached hydrogen (secondary N) is 1. The van der Waals surface area contributed by atoms with Gasteiger partial charge in [-0.15, -0.1) is 0 Å². The van der Waals surface area contributed by atoms with E-state index in [1.54, 1.807) is 12.0 Å². The first kappa shape index (κ1) is 24.1. The van der Waals surface area contributed by atoms with Crippen LogP contribution in [0, 0.1) is 6.92 Å². The molecule has 36 heavy (non-hydrogen) atoms. The molecule has 2 N–H and O–H groups in total. The van der Waals surface area contributed by atoms with Crippen LogP contribution in [0.15, 0.2) is 48.2 Å². The molecule has 0 radical (unpaired) electrons. The summed E-state index contributed by atoms with van der Waals surface area (Å²) in [5, 5.41) is 12.6. The number of hydrogen-bond acceptors (Lipinski definition) is 5. The standard InChI is InChI=1S/C29H32N2O5/c1-16(2)20-13-21(17(3)12-24(20)35-4)27(32)25-26(22-14-30-23-10-6-5-9-19(22)23)31(29(34)28(25)33)15-18-8-7-11-36-18/h5-6,9-10,12-14,16,18,26,30,32H,7-8,11,15H2,1-4H3/b27-25+. The molecule has 2 aromatic carbocycles. The fourth-order valence-corrected chi connectivity index (χ4v) is 5.45. The first-order valence-electron chi connectivity index (χ1n) is 12.5. The highest BCUT2D eigenvalue weighted by Crippen LogP contribution is 2.43. The van der Waals surface area contributed by atoms with E-state index in [0.29, 0.717) is 18.7 Å². The van der Waals surface area contributed by atoms with E-state index in [9.17, 15) is 14.7 Å². The van der Waals surface area contributed by atoms with E-state index in [1.807, 2.05) is 63.4 Å². The molecule has 7 nitrogen and oxygen atoms in total. The minimum absolute atomic E-state index is 0.103. The number of fused-ring (bicyclic) bond motifs is 1. The van der Waals surface area contributed by atoms with Gasteiger partial charge < -0.3 is 24.5 Å². The van der Waals surface area contributed by atoms with Gasteiger partial charge in [-0.3, -0.25) is 9.59 Å². The number of H-pyrrole nitrogens is 1. The maximum atomic E-state index is 13.5. The molecule has 0 spiro atoms. The van der Waals surface area contributed by atoms with Gasteiger partial charge in [0.05, 0.1) is 24.8 Å². The summed E-state index contributed by atoms with van der Waals surface area (Å²) in [5.41, 5.74) is 3.99. The van der Waals surface area contributed by atoms with E-state index < -0.39 is 17.7 Å². The molecule has 0 bridgehead atoms. The highest BCUT2D eigenvalue weighted by atomic mass is 16.5. The van der Waals surface area contributed by atoms with E-state index in [1.165, 1.54) is 0 Å². The number of ether oxygens (including phenoxy) is 2. The Morgan fingerprint density at radius 1 is 1.25 bits per heavy atom. The van der Waals surface area contributed by atoms with Crippen LogP contribution in [0.4, 0.5) is 0 Å². The fourth-order valence-electron chi connectivity index (χ4n) is 5.45. The molecular weight excluding hydrogens is 456 g/mol. The Morgan fingerprint density at radius 3 is 2.72 bits per heavy atom. The third kappa shape index (κ3) is 3.97. The summed E-state index contributed by atoms with van der Waals surface area (Å²) in [4.78, 5) is 31.7. The number of hydrogen-bond donors (Lipinski definition) is 2. The second-order valence-electron chi connectivity index (χ2n) is 9.94. The first-order valence-corrected chi connectivity index (χ1v) is 12.5. The number of para-hydroxylation sites is 1. The molecule has 3 heterocycles. The highest BCUT2D eigenvalue weighted by molar-refractivity contribution is 6.46. The normalized spacial score (nSPS) is 21.8. The van der Waals surface area contributed by atoms with Crippen LogP contribution in [0.25, 0.3) is 16.7 Å². The van der Waals surface area contributed by atoms with E-state index in [0.717, 1.165) is 46.2 Å². The molecule has 1 amide bonds.